The average molecular weight is 433 g/mol. The van der Waals surface area contributed by atoms with Gasteiger partial charge in [-0.25, -0.2) is 0 Å². The van der Waals surface area contributed by atoms with E-state index in [4.69, 9.17) is 10.5 Å². The Kier molecular flexibility index (Phi) is 10.4. The molecule has 0 aromatic heterocycles. The van der Waals surface area contributed by atoms with Crippen LogP contribution in [0.25, 0.3) is 0 Å². The van der Waals surface area contributed by atoms with Crippen LogP contribution in [0.1, 0.15) is 25.8 Å². The van der Waals surface area contributed by atoms with Crippen molar-refractivity contribution in [2.45, 2.75) is 32.8 Å². The quantitative estimate of drug-likeness (QED) is 0.674. The van der Waals surface area contributed by atoms with Gasteiger partial charge >= 0.3 is 0 Å². The zero-order valence-corrected chi connectivity index (χ0v) is 18.5. The van der Waals surface area contributed by atoms with Crippen molar-refractivity contribution in [2.75, 3.05) is 56.5 Å². The number of carbonyl (C=O) groups is 1. The van der Waals surface area contributed by atoms with Gasteiger partial charge in [0.1, 0.15) is 0 Å². The molecule has 0 spiro atoms. The number of carbonyl (C=O) groups excluding carboxylic acids is 1. The molecule has 0 saturated carbocycles. The first-order valence-electron chi connectivity index (χ1n) is 9.76. The van der Waals surface area contributed by atoms with Gasteiger partial charge in [-0.15, -0.1) is 24.8 Å². The average Bonchev–Trinajstić information content (AvgIpc) is 2.61. The fourth-order valence-corrected chi connectivity index (χ4v) is 3.94. The van der Waals surface area contributed by atoms with Crippen LogP contribution in [0.2, 0.25) is 0 Å². The van der Waals surface area contributed by atoms with Gasteiger partial charge in [0.2, 0.25) is 5.91 Å². The van der Waals surface area contributed by atoms with Gasteiger partial charge in [-0.05, 0) is 36.5 Å². The van der Waals surface area contributed by atoms with Crippen LogP contribution < -0.4 is 16.0 Å². The number of rotatable bonds is 6. The number of hydrogen-bond acceptors (Lipinski definition) is 5. The third kappa shape index (κ3) is 6.69. The smallest absolute Gasteiger partial charge is 0.239 e. The van der Waals surface area contributed by atoms with Crippen molar-refractivity contribution in [3.8, 4) is 0 Å². The maximum Gasteiger partial charge on any atom is 0.239 e. The van der Waals surface area contributed by atoms with Gasteiger partial charge in [0.15, 0.2) is 0 Å². The number of nitrogens with zero attached hydrogens (tertiary/aromatic N) is 2. The van der Waals surface area contributed by atoms with Gasteiger partial charge in [-0.1, -0.05) is 19.9 Å². The molecule has 1 saturated heterocycles. The summed E-state index contributed by atoms with van der Waals surface area (Å²) >= 11 is 0. The molecule has 1 amide bonds. The fourth-order valence-electron chi connectivity index (χ4n) is 3.94. The normalized spacial score (nSPS) is 19.4. The van der Waals surface area contributed by atoms with Crippen molar-refractivity contribution in [1.29, 1.82) is 0 Å². The van der Waals surface area contributed by atoms with E-state index in [1.54, 1.807) is 0 Å². The van der Waals surface area contributed by atoms with E-state index in [2.05, 4.69) is 35.0 Å². The number of morpholine rings is 1. The number of nitrogens with one attached hydrogen (secondary N) is 1. The standard InChI is InChI=1S/C20H32N4O2.2ClH/c1-15(2)12-23-9-10-26-16(13-23)11-22-20(25)14-24-8-4-5-17-18(21)6-3-7-19(17)24;;/h3,6-7,15-16H,4-5,8-14,21H2,1-2H3,(H,22,25);2*1H. The largest absolute Gasteiger partial charge is 0.398 e. The highest BCUT2D eigenvalue weighted by atomic mass is 35.5. The third-order valence-corrected chi connectivity index (χ3v) is 5.09. The first-order chi connectivity index (χ1) is 12.5. The predicted molar refractivity (Wildman–Crippen MR) is 120 cm³/mol. The number of benzene rings is 1. The van der Waals surface area contributed by atoms with E-state index in [1.165, 1.54) is 5.56 Å². The molecular weight excluding hydrogens is 399 g/mol. The lowest BCUT2D eigenvalue weighted by Crippen LogP contribution is -2.49. The highest BCUT2D eigenvalue weighted by molar-refractivity contribution is 5.85. The van der Waals surface area contributed by atoms with Gasteiger partial charge < -0.3 is 20.7 Å². The third-order valence-electron chi connectivity index (χ3n) is 5.09. The summed E-state index contributed by atoms with van der Waals surface area (Å²) in [6.07, 6.45) is 2.10. The molecule has 160 valence electrons. The first kappa shape index (κ1) is 24.8. The number of nitrogen functional groups attached to an aromatic ring is 1. The highest BCUT2D eigenvalue weighted by Gasteiger charge is 2.23. The Bertz CT molecular complexity index is 630. The number of hydrogen-bond donors (Lipinski definition) is 2. The molecule has 28 heavy (non-hydrogen) atoms. The summed E-state index contributed by atoms with van der Waals surface area (Å²) in [6, 6.07) is 5.96. The summed E-state index contributed by atoms with van der Waals surface area (Å²) < 4.78 is 5.82. The number of nitrogens with two attached hydrogens (primary N) is 1. The summed E-state index contributed by atoms with van der Waals surface area (Å²) in [6.45, 7) is 10.0. The Morgan fingerprint density at radius 2 is 2.11 bits per heavy atom. The summed E-state index contributed by atoms with van der Waals surface area (Å²) in [5, 5.41) is 3.06. The van der Waals surface area contributed by atoms with Gasteiger partial charge in [-0.2, -0.15) is 0 Å². The monoisotopic (exact) mass is 432 g/mol. The Labute approximate surface area is 181 Å². The highest BCUT2D eigenvalue weighted by Crippen LogP contribution is 2.30. The van der Waals surface area contributed by atoms with Crippen LogP contribution in [-0.4, -0.2) is 62.8 Å². The van der Waals surface area contributed by atoms with E-state index in [9.17, 15) is 4.79 Å². The van der Waals surface area contributed by atoms with Crippen LogP contribution in [0, 0.1) is 5.92 Å². The molecule has 3 N–H and O–H groups in total. The van der Waals surface area contributed by atoms with Gasteiger partial charge in [-0.3, -0.25) is 9.69 Å². The zero-order valence-electron chi connectivity index (χ0n) is 16.9. The van der Waals surface area contributed by atoms with E-state index in [0.29, 0.717) is 19.0 Å². The number of amides is 1. The lowest BCUT2D eigenvalue weighted by atomic mass is 10.00. The molecule has 1 atom stereocenters. The summed E-state index contributed by atoms with van der Waals surface area (Å²) in [5.41, 5.74) is 9.19. The van der Waals surface area contributed by atoms with Crippen LogP contribution in [0.15, 0.2) is 18.2 Å². The van der Waals surface area contributed by atoms with Crippen molar-refractivity contribution in [1.82, 2.24) is 10.2 Å². The number of ether oxygens (including phenoxy) is 1. The second-order valence-electron chi connectivity index (χ2n) is 7.82. The van der Waals surface area contributed by atoms with E-state index in [-0.39, 0.29) is 36.8 Å². The van der Waals surface area contributed by atoms with Gasteiger partial charge in [0.05, 0.1) is 19.3 Å². The fraction of sp³-hybridized carbons (Fsp3) is 0.650. The summed E-state index contributed by atoms with van der Waals surface area (Å²) in [5.74, 6) is 0.694. The number of anilines is 2. The molecule has 3 rings (SSSR count). The van der Waals surface area contributed by atoms with Crippen LogP contribution in [0.5, 0.6) is 0 Å². The number of halogens is 2. The minimum absolute atomic E-state index is 0. The molecule has 8 heteroatoms. The second kappa shape index (κ2) is 11.7. The van der Waals surface area contributed by atoms with Crippen molar-refractivity contribution in [2.24, 2.45) is 5.92 Å². The topological polar surface area (TPSA) is 70.8 Å². The Morgan fingerprint density at radius 1 is 1.32 bits per heavy atom. The van der Waals surface area contributed by atoms with Crippen molar-refractivity contribution < 1.29 is 9.53 Å². The van der Waals surface area contributed by atoms with Crippen LogP contribution in [0.4, 0.5) is 11.4 Å². The molecule has 2 aliphatic heterocycles. The molecule has 2 aliphatic rings. The second-order valence-corrected chi connectivity index (χ2v) is 7.82. The van der Waals surface area contributed by atoms with E-state index < -0.39 is 0 Å². The molecule has 0 bridgehead atoms. The predicted octanol–water partition coefficient (Wildman–Crippen LogP) is 2.34. The van der Waals surface area contributed by atoms with Crippen molar-refractivity contribution >= 4 is 42.1 Å². The molecule has 1 fully saturated rings. The lowest BCUT2D eigenvalue weighted by Gasteiger charge is -2.34. The summed E-state index contributed by atoms with van der Waals surface area (Å²) in [4.78, 5) is 17.0. The van der Waals surface area contributed by atoms with E-state index >= 15 is 0 Å². The maximum absolute atomic E-state index is 12.5. The van der Waals surface area contributed by atoms with Crippen LogP contribution in [0.3, 0.4) is 0 Å². The molecule has 1 aromatic rings. The first-order valence-corrected chi connectivity index (χ1v) is 9.76. The van der Waals surface area contributed by atoms with Crippen LogP contribution >= 0.6 is 24.8 Å². The van der Waals surface area contributed by atoms with E-state index in [0.717, 1.165) is 57.0 Å². The summed E-state index contributed by atoms with van der Waals surface area (Å²) in [7, 11) is 0. The SMILES string of the molecule is CC(C)CN1CCOC(CNC(=O)CN2CCCc3c(N)cccc32)C1.Cl.Cl. The van der Waals surface area contributed by atoms with E-state index in [1.807, 2.05) is 12.1 Å². The molecule has 0 aliphatic carbocycles. The molecule has 0 radical (unpaired) electrons. The minimum atomic E-state index is 0. The molecular formula is C20H34Cl2N4O2. The maximum atomic E-state index is 12.5. The molecule has 6 nitrogen and oxygen atoms in total. The Morgan fingerprint density at radius 3 is 2.86 bits per heavy atom. The number of fused-ring (bicyclic) bond motifs is 1. The van der Waals surface area contributed by atoms with Crippen molar-refractivity contribution in [3.63, 3.8) is 0 Å². The van der Waals surface area contributed by atoms with Crippen LogP contribution in [-0.2, 0) is 16.0 Å². The van der Waals surface area contributed by atoms with Crippen molar-refractivity contribution in [3.05, 3.63) is 23.8 Å². The lowest BCUT2D eigenvalue weighted by molar-refractivity contribution is -0.121. The molecule has 1 aromatic carbocycles. The molecule has 1 unspecified atom stereocenters. The zero-order chi connectivity index (χ0) is 18.5. The Hall–Kier alpha value is -1.21. The van der Waals surface area contributed by atoms with Gasteiger partial charge in [0.25, 0.3) is 0 Å². The van der Waals surface area contributed by atoms with Gasteiger partial charge in [0, 0.05) is 44.1 Å². The minimum Gasteiger partial charge on any atom is -0.398 e. The molecule has 2 heterocycles. The Balaban J connectivity index is 0.00000196.